The fraction of sp³-hybridized carbons (Fsp3) is 0.688. The first-order valence-corrected chi connectivity index (χ1v) is 9.21. The average Bonchev–Trinajstić information content (AvgIpc) is 2.95. The summed E-state index contributed by atoms with van der Waals surface area (Å²) in [5, 5.41) is 0.789. The first-order chi connectivity index (χ1) is 10.6. The van der Waals surface area contributed by atoms with Crippen LogP contribution in [-0.4, -0.2) is 52.7 Å². The Labute approximate surface area is 136 Å². The molecule has 1 atom stereocenters. The van der Waals surface area contributed by atoms with Crippen LogP contribution in [0.25, 0.3) is 0 Å². The second-order valence-electron chi connectivity index (χ2n) is 6.55. The third-order valence-corrected chi connectivity index (χ3v) is 5.43. The molecule has 3 heterocycles. The highest BCUT2D eigenvalue weighted by atomic mass is 32.2. The maximum atomic E-state index is 13.0. The van der Waals surface area contributed by atoms with E-state index in [1.54, 1.807) is 11.8 Å². The van der Waals surface area contributed by atoms with Gasteiger partial charge in [-0.25, -0.2) is 9.97 Å². The molecular formula is C16H24N4OS. The molecule has 0 bridgehead atoms. The van der Waals surface area contributed by atoms with Gasteiger partial charge in [-0.1, -0.05) is 11.8 Å². The minimum Gasteiger partial charge on any atom is -0.355 e. The van der Waals surface area contributed by atoms with Gasteiger partial charge in [0.05, 0.1) is 5.41 Å². The van der Waals surface area contributed by atoms with Crippen molar-refractivity contribution in [2.75, 3.05) is 30.8 Å². The summed E-state index contributed by atoms with van der Waals surface area (Å²) in [6, 6.07) is 2.24. The van der Waals surface area contributed by atoms with E-state index in [9.17, 15) is 4.79 Å². The summed E-state index contributed by atoms with van der Waals surface area (Å²) < 4.78 is 0. The van der Waals surface area contributed by atoms with Gasteiger partial charge in [-0.15, -0.1) is 0 Å². The number of nitrogens with zero attached hydrogens (tertiary/aromatic N) is 4. The van der Waals surface area contributed by atoms with E-state index in [-0.39, 0.29) is 5.41 Å². The van der Waals surface area contributed by atoms with Crippen LogP contribution in [0.5, 0.6) is 0 Å². The number of anilines is 1. The van der Waals surface area contributed by atoms with Crippen molar-refractivity contribution in [3.05, 3.63) is 12.3 Å². The van der Waals surface area contributed by atoms with Crippen molar-refractivity contribution < 1.29 is 4.79 Å². The lowest BCUT2D eigenvalue weighted by Crippen LogP contribution is -2.52. The Morgan fingerprint density at radius 1 is 1.32 bits per heavy atom. The molecule has 120 valence electrons. The molecule has 1 aromatic rings. The molecule has 2 saturated heterocycles. The zero-order chi connectivity index (χ0) is 15.7. The van der Waals surface area contributed by atoms with E-state index >= 15 is 0 Å². The Hall–Kier alpha value is -1.30. The van der Waals surface area contributed by atoms with Crippen LogP contribution in [0.4, 0.5) is 5.82 Å². The van der Waals surface area contributed by atoms with E-state index in [1.807, 2.05) is 18.5 Å². The highest BCUT2D eigenvalue weighted by Gasteiger charge is 2.49. The Morgan fingerprint density at radius 3 is 2.86 bits per heavy atom. The summed E-state index contributed by atoms with van der Waals surface area (Å²) in [5.41, 5.74) is -0.201. The summed E-state index contributed by atoms with van der Waals surface area (Å²) in [5.74, 6) is 1.29. The zero-order valence-electron chi connectivity index (χ0n) is 13.6. The number of likely N-dealkylation sites (tertiary alicyclic amines) is 1. The van der Waals surface area contributed by atoms with Crippen LogP contribution in [0.1, 0.15) is 33.1 Å². The Kier molecular flexibility index (Phi) is 4.30. The number of carbonyl (C=O) groups excluding carboxylic acids is 1. The van der Waals surface area contributed by atoms with Crippen molar-refractivity contribution in [2.45, 2.75) is 44.3 Å². The van der Waals surface area contributed by atoms with Crippen molar-refractivity contribution in [2.24, 2.45) is 5.41 Å². The number of hydrogen-bond donors (Lipinski definition) is 0. The van der Waals surface area contributed by atoms with Gasteiger partial charge in [0.1, 0.15) is 5.82 Å². The van der Waals surface area contributed by atoms with E-state index in [1.165, 1.54) is 0 Å². The standard InChI is InChI=1S/C16H24N4OS/c1-12(2)20-9-4-6-16(14(20)21)7-10-19(11-16)13-5-8-17-15(18-13)22-3/h5,8,12H,4,6-7,9-11H2,1-3H3/t16-/m1/s1. The number of piperidine rings is 1. The third kappa shape index (κ3) is 2.69. The molecule has 6 heteroatoms. The lowest BCUT2D eigenvalue weighted by Gasteiger charge is -2.41. The first-order valence-electron chi connectivity index (χ1n) is 7.99. The molecule has 2 fully saturated rings. The number of carbonyl (C=O) groups is 1. The first kappa shape index (κ1) is 15.6. The van der Waals surface area contributed by atoms with Gasteiger partial charge in [0.25, 0.3) is 0 Å². The highest BCUT2D eigenvalue weighted by Crippen LogP contribution is 2.41. The van der Waals surface area contributed by atoms with Crippen molar-refractivity contribution in [3.63, 3.8) is 0 Å². The summed E-state index contributed by atoms with van der Waals surface area (Å²) in [7, 11) is 0. The monoisotopic (exact) mass is 320 g/mol. The molecule has 0 radical (unpaired) electrons. The Balaban J connectivity index is 1.79. The summed E-state index contributed by atoms with van der Waals surface area (Å²) in [6.45, 7) is 6.82. The quantitative estimate of drug-likeness (QED) is 0.632. The van der Waals surface area contributed by atoms with E-state index < -0.39 is 0 Å². The minimum atomic E-state index is -0.201. The molecular weight excluding hydrogens is 296 g/mol. The lowest BCUT2D eigenvalue weighted by atomic mass is 9.78. The lowest BCUT2D eigenvalue weighted by molar-refractivity contribution is -0.147. The van der Waals surface area contributed by atoms with Crippen LogP contribution >= 0.6 is 11.8 Å². The van der Waals surface area contributed by atoms with Crippen molar-refractivity contribution in [1.82, 2.24) is 14.9 Å². The number of thioether (sulfide) groups is 1. The van der Waals surface area contributed by atoms with Gasteiger partial charge in [0.2, 0.25) is 5.91 Å². The van der Waals surface area contributed by atoms with E-state index in [2.05, 4.69) is 33.6 Å². The molecule has 2 aliphatic heterocycles. The maximum Gasteiger partial charge on any atom is 0.230 e. The molecule has 5 nitrogen and oxygen atoms in total. The van der Waals surface area contributed by atoms with Crippen LogP contribution in [-0.2, 0) is 4.79 Å². The third-order valence-electron chi connectivity index (χ3n) is 4.87. The molecule has 0 N–H and O–H groups in total. The SMILES string of the molecule is CSc1nccc(N2CC[C@]3(CCCN(C(C)C)C3=O)C2)n1. The van der Waals surface area contributed by atoms with Gasteiger partial charge in [0.15, 0.2) is 5.16 Å². The molecule has 22 heavy (non-hydrogen) atoms. The van der Waals surface area contributed by atoms with Crippen LogP contribution in [0.15, 0.2) is 17.4 Å². The molecule has 0 aromatic carbocycles. The second kappa shape index (κ2) is 6.07. The number of aromatic nitrogens is 2. The predicted molar refractivity (Wildman–Crippen MR) is 89.2 cm³/mol. The number of rotatable bonds is 3. The van der Waals surface area contributed by atoms with Crippen molar-refractivity contribution >= 4 is 23.5 Å². The van der Waals surface area contributed by atoms with Gasteiger partial charge >= 0.3 is 0 Å². The Morgan fingerprint density at radius 2 is 2.14 bits per heavy atom. The summed E-state index contributed by atoms with van der Waals surface area (Å²) in [4.78, 5) is 26.1. The molecule has 1 aromatic heterocycles. The zero-order valence-corrected chi connectivity index (χ0v) is 14.4. The summed E-state index contributed by atoms with van der Waals surface area (Å²) >= 11 is 1.55. The maximum absolute atomic E-state index is 13.0. The highest BCUT2D eigenvalue weighted by molar-refractivity contribution is 7.98. The second-order valence-corrected chi connectivity index (χ2v) is 7.32. The molecule has 3 rings (SSSR count). The molecule has 1 amide bonds. The van der Waals surface area contributed by atoms with Crippen LogP contribution in [0.3, 0.4) is 0 Å². The van der Waals surface area contributed by atoms with Gasteiger partial charge in [-0.05, 0) is 45.4 Å². The van der Waals surface area contributed by atoms with Crippen LogP contribution in [0.2, 0.25) is 0 Å². The molecule has 2 aliphatic rings. The number of amides is 1. The van der Waals surface area contributed by atoms with Crippen LogP contribution in [0, 0.1) is 5.41 Å². The number of hydrogen-bond acceptors (Lipinski definition) is 5. The molecule has 0 unspecified atom stereocenters. The van der Waals surface area contributed by atoms with Crippen molar-refractivity contribution in [1.29, 1.82) is 0 Å². The minimum absolute atomic E-state index is 0.201. The van der Waals surface area contributed by atoms with Gasteiger partial charge in [-0.3, -0.25) is 4.79 Å². The van der Waals surface area contributed by atoms with Gasteiger partial charge < -0.3 is 9.80 Å². The van der Waals surface area contributed by atoms with Crippen molar-refractivity contribution in [3.8, 4) is 0 Å². The van der Waals surface area contributed by atoms with E-state index in [4.69, 9.17) is 0 Å². The fourth-order valence-electron chi connectivity index (χ4n) is 3.65. The average molecular weight is 320 g/mol. The summed E-state index contributed by atoms with van der Waals surface area (Å²) in [6.07, 6.45) is 6.84. The largest absolute Gasteiger partial charge is 0.355 e. The fourth-order valence-corrected chi connectivity index (χ4v) is 4.00. The van der Waals surface area contributed by atoms with Gasteiger partial charge in [-0.2, -0.15) is 0 Å². The van der Waals surface area contributed by atoms with E-state index in [0.29, 0.717) is 11.9 Å². The molecule has 0 saturated carbocycles. The normalized spacial score (nSPS) is 25.5. The van der Waals surface area contributed by atoms with Crippen LogP contribution < -0.4 is 4.90 Å². The Bertz CT molecular complexity index is 565. The molecule has 0 aliphatic carbocycles. The molecule has 1 spiro atoms. The predicted octanol–water partition coefficient (Wildman–Crippen LogP) is 2.43. The smallest absolute Gasteiger partial charge is 0.230 e. The van der Waals surface area contributed by atoms with E-state index in [0.717, 1.165) is 49.9 Å². The van der Waals surface area contributed by atoms with Gasteiger partial charge in [0, 0.05) is 31.9 Å². The topological polar surface area (TPSA) is 49.3 Å².